The average molecular weight is 210 g/mol. The van der Waals surface area contributed by atoms with E-state index in [1.54, 1.807) is 0 Å². The summed E-state index contributed by atoms with van der Waals surface area (Å²) in [6.45, 7) is 1.38. The highest BCUT2D eigenvalue weighted by molar-refractivity contribution is 5.74. The van der Waals surface area contributed by atoms with Gasteiger partial charge in [-0.1, -0.05) is 12.2 Å². The van der Waals surface area contributed by atoms with Gasteiger partial charge in [-0.3, -0.25) is 4.79 Å². The molecule has 0 bridgehead atoms. The van der Waals surface area contributed by atoms with Crippen molar-refractivity contribution in [2.45, 2.75) is 18.9 Å². The minimum absolute atomic E-state index is 0.0261. The van der Waals surface area contributed by atoms with Crippen molar-refractivity contribution in [3.05, 3.63) is 12.2 Å². The van der Waals surface area contributed by atoms with Gasteiger partial charge >= 0.3 is 0 Å². The summed E-state index contributed by atoms with van der Waals surface area (Å²) >= 11 is 0. The van der Waals surface area contributed by atoms with Crippen molar-refractivity contribution in [1.82, 2.24) is 5.32 Å². The molecule has 1 fully saturated rings. The lowest BCUT2D eigenvalue weighted by atomic mass is 9.71. The standard InChI is InChI=1S/C11H18N2O2/c12-11(14)7-15-5-4-13-10-6-8-2-1-3-9(8)10/h1,3,8-10,13H,2,4-7H2,(H2,12,14). The molecule has 1 amide bonds. The third-order valence-corrected chi connectivity index (χ3v) is 3.26. The fourth-order valence-electron chi connectivity index (χ4n) is 2.44. The Hall–Kier alpha value is -0.870. The summed E-state index contributed by atoms with van der Waals surface area (Å²) in [5.74, 6) is 1.22. The van der Waals surface area contributed by atoms with Crippen LogP contribution in [0.5, 0.6) is 0 Å². The van der Waals surface area contributed by atoms with E-state index in [1.807, 2.05) is 0 Å². The molecule has 3 N–H and O–H groups in total. The Bertz CT molecular complexity index is 265. The molecule has 0 saturated heterocycles. The quantitative estimate of drug-likeness (QED) is 0.480. The maximum absolute atomic E-state index is 10.4. The smallest absolute Gasteiger partial charge is 0.243 e. The van der Waals surface area contributed by atoms with E-state index in [0.29, 0.717) is 12.6 Å². The number of fused-ring (bicyclic) bond motifs is 1. The molecule has 3 atom stereocenters. The lowest BCUT2D eigenvalue weighted by Gasteiger charge is -2.40. The van der Waals surface area contributed by atoms with E-state index in [2.05, 4.69) is 17.5 Å². The van der Waals surface area contributed by atoms with Crippen LogP contribution in [0.25, 0.3) is 0 Å². The zero-order valence-electron chi connectivity index (χ0n) is 8.82. The molecule has 84 valence electrons. The second kappa shape index (κ2) is 4.77. The number of ether oxygens (including phenoxy) is 1. The molecule has 2 rings (SSSR count). The van der Waals surface area contributed by atoms with Gasteiger partial charge in [0.25, 0.3) is 0 Å². The van der Waals surface area contributed by atoms with Crippen LogP contribution in [-0.2, 0) is 9.53 Å². The highest BCUT2D eigenvalue weighted by Gasteiger charge is 2.40. The zero-order chi connectivity index (χ0) is 10.7. The van der Waals surface area contributed by atoms with E-state index >= 15 is 0 Å². The summed E-state index contributed by atoms with van der Waals surface area (Å²) in [7, 11) is 0. The zero-order valence-corrected chi connectivity index (χ0v) is 8.82. The van der Waals surface area contributed by atoms with Crippen molar-refractivity contribution in [3.63, 3.8) is 0 Å². The molecule has 4 nitrogen and oxygen atoms in total. The molecule has 0 aliphatic heterocycles. The number of rotatable bonds is 6. The molecule has 0 heterocycles. The van der Waals surface area contributed by atoms with Crippen LogP contribution in [0.15, 0.2) is 12.2 Å². The van der Waals surface area contributed by atoms with Crippen LogP contribution < -0.4 is 11.1 Å². The van der Waals surface area contributed by atoms with E-state index in [0.717, 1.165) is 18.4 Å². The minimum Gasteiger partial charge on any atom is -0.370 e. The van der Waals surface area contributed by atoms with Crippen molar-refractivity contribution < 1.29 is 9.53 Å². The molecular weight excluding hydrogens is 192 g/mol. The van der Waals surface area contributed by atoms with Gasteiger partial charge in [0.05, 0.1) is 6.61 Å². The summed E-state index contributed by atoms with van der Waals surface area (Å²) in [4.78, 5) is 10.4. The largest absolute Gasteiger partial charge is 0.370 e. The lowest BCUT2D eigenvalue weighted by molar-refractivity contribution is -0.122. The van der Waals surface area contributed by atoms with Crippen LogP contribution in [0.4, 0.5) is 0 Å². The Morgan fingerprint density at radius 1 is 1.60 bits per heavy atom. The third kappa shape index (κ3) is 2.58. The van der Waals surface area contributed by atoms with Crippen LogP contribution in [0.2, 0.25) is 0 Å². The van der Waals surface area contributed by atoms with E-state index in [9.17, 15) is 4.79 Å². The van der Waals surface area contributed by atoms with Crippen LogP contribution in [0, 0.1) is 11.8 Å². The predicted octanol–water partition coefficient (Wildman–Crippen LogP) is 0.0425. The number of amides is 1. The Kier molecular flexibility index (Phi) is 3.38. The van der Waals surface area contributed by atoms with Crippen LogP contribution >= 0.6 is 0 Å². The fourth-order valence-corrected chi connectivity index (χ4v) is 2.44. The minimum atomic E-state index is -0.405. The molecule has 3 unspecified atom stereocenters. The van der Waals surface area contributed by atoms with Crippen LogP contribution in [-0.4, -0.2) is 31.7 Å². The normalized spacial score (nSPS) is 32.4. The van der Waals surface area contributed by atoms with Gasteiger partial charge in [0.1, 0.15) is 6.61 Å². The third-order valence-electron chi connectivity index (χ3n) is 3.26. The van der Waals surface area contributed by atoms with Crippen molar-refractivity contribution in [3.8, 4) is 0 Å². The van der Waals surface area contributed by atoms with Gasteiger partial charge in [-0.2, -0.15) is 0 Å². The highest BCUT2D eigenvalue weighted by atomic mass is 16.5. The van der Waals surface area contributed by atoms with Gasteiger partial charge in [0.2, 0.25) is 5.91 Å². The molecule has 1 saturated carbocycles. The second-order valence-electron chi connectivity index (χ2n) is 4.32. The number of nitrogens with one attached hydrogen (secondary N) is 1. The summed E-state index contributed by atoms with van der Waals surface area (Å²) in [5.41, 5.74) is 4.95. The number of hydrogen-bond donors (Lipinski definition) is 2. The van der Waals surface area contributed by atoms with Crippen molar-refractivity contribution in [2.75, 3.05) is 19.8 Å². The number of nitrogens with two attached hydrogens (primary N) is 1. The molecule has 2 aliphatic carbocycles. The first kappa shape index (κ1) is 10.6. The summed E-state index contributed by atoms with van der Waals surface area (Å²) in [6, 6.07) is 0.617. The van der Waals surface area contributed by atoms with Gasteiger partial charge in [0, 0.05) is 12.6 Å². The Morgan fingerprint density at radius 3 is 3.20 bits per heavy atom. The van der Waals surface area contributed by atoms with Crippen LogP contribution in [0.3, 0.4) is 0 Å². The topological polar surface area (TPSA) is 64.4 Å². The van der Waals surface area contributed by atoms with Gasteiger partial charge in [-0.25, -0.2) is 0 Å². The molecule has 0 aromatic rings. The lowest BCUT2D eigenvalue weighted by Crippen LogP contribution is -2.48. The Morgan fingerprint density at radius 2 is 2.47 bits per heavy atom. The Balaban J connectivity index is 1.52. The second-order valence-corrected chi connectivity index (χ2v) is 4.32. The molecule has 0 spiro atoms. The monoisotopic (exact) mass is 210 g/mol. The highest BCUT2D eigenvalue weighted by Crippen LogP contribution is 2.42. The number of allylic oxidation sites excluding steroid dienone is 1. The van der Waals surface area contributed by atoms with Gasteiger partial charge in [-0.05, 0) is 24.7 Å². The maximum atomic E-state index is 10.4. The van der Waals surface area contributed by atoms with Gasteiger partial charge in [-0.15, -0.1) is 0 Å². The maximum Gasteiger partial charge on any atom is 0.243 e. The van der Waals surface area contributed by atoms with Crippen molar-refractivity contribution >= 4 is 5.91 Å². The first-order valence-electron chi connectivity index (χ1n) is 5.53. The summed E-state index contributed by atoms with van der Waals surface area (Å²) < 4.78 is 5.07. The Labute approximate surface area is 89.9 Å². The molecular formula is C11H18N2O2. The van der Waals surface area contributed by atoms with Crippen molar-refractivity contribution in [1.29, 1.82) is 0 Å². The summed E-state index contributed by atoms with van der Waals surface area (Å²) in [5, 5.41) is 3.44. The number of hydrogen-bond acceptors (Lipinski definition) is 3. The van der Waals surface area contributed by atoms with E-state index in [-0.39, 0.29) is 6.61 Å². The fraction of sp³-hybridized carbons (Fsp3) is 0.727. The molecule has 0 aromatic carbocycles. The van der Waals surface area contributed by atoms with Crippen LogP contribution in [0.1, 0.15) is 12.8 Å². The molecule has 0 aromatic heterocycles. The van der Waals surface area contributed by atoms with Crippen molar-refractivity contribution in [2.24, 2.45) is 17.6 Å². The van der Waals surface area contributed by atoms with Gasteiger partial charge < -0.3 is 15.8 Å². The average Bonchev–Trinajstić information content (AvgIpc) is 2.53. The number of primary amides is 1. The molecule has 15 heavy (non-hydrogen) atoms. The summed E-state index contributed by atoms with van der Waals surface area (Å²) in [6.07, 6.45) is 7.12. The van der Waals surface area contributed by atoms with E-state index < -0.39 is 5.91 Å². The molecule has 2 aliphatic rings. The first-order chi connectivity index (χ1) is 7.27. The van der Waals surface area contributed by atoms with E-state index in [1.165, 1.54) is 12.8 Å². The molecule has 0 radical (unpaired) electrons. The number of carbonyl (C=O) groups excluding carboxylic acids is 1. The van der Waals surface area contributed by atoms with E-state index in [4.69, 9.17) is 10.5 Å². The number of carbonyl (C=O) groups is 1. The first-order valence-corrected chi connectivity index (χ1v) is 5.53. The molecule has 4 heteroatoms. The SMILES string of the molecule is NC(=O)COCCNC1CC2CC=CC21. The predicted molar refractivity (Wildman–Crippen MR) is 57.2 cm³/mol. The van der Waals surface area contributed by atoms with Gasteiger partial charge in [0.15, 0.2) is 0 Å².